The summed E-state index contributed by atoms with van der Waals surface area (Å²) < 4.78 is 6.20. The number of carbonyl (C=O) groups excluding carboxylic acids is 2. The van der Waals surface area contributed by atoms with E-state index >= 15 is 0 Å². The monoisotopic (exact) mass is 396 g/mol. The molecule has 5 nitrogen and oxygen atoms in total. The molecule has 0 spiro atoms. The lowest BCUT2D eigenvalue weighted by Gasteiger charge is -2.33. The third-order valence-corrected chi connectivity index (χ3v) is 3.77. The van der Waals surface area contributed by atoms with E-state index in [0.29, 0.717) is 11.3 Å². The molecule has 1 aromatic rings. The van der Waals surface area contributed by atoms with Crippen LogP contribution in [0, 0.1) is 0 Å². The molecule has 0 aliphatic carbocycles. The van der Waals surface area contributed by atoms with Crippen LogP contribution in [-0.2, 0) is 9.59 Å². The average molecular weight is 397 g/mol. The molecule has 0 saturated heterocycles. The van der Waals surface area contributed by atoms with Crippen LogP contribution in [0.2, 0.25) is 0 Å². The number of rotatable bonds is 6. The third-order valence-electron chi connectivity index (χ3n) is 3.27. The second-order valence-electron chi connectivity index (χ2n) is 6.49. The van der Waals surface area contributed by atoms with Crippen molar-refractivity contribution in [2.45, 2.75) is 39.3 Å². The first-order chi connectivity index (χ1) is 11.1. The molecule has 0 heterocycles. The molecular weight excluding hydrogens is 372 g/mol. The van der Waals surface area contributed by atoms with Crippen molar-refractivity contribution < 1.29 is 14.3 Å². The van der Waals surface area contributed by atoms with Gasteiger partial charge in [-0.2, -0.15) is 0 Å². The van der Waals surface area contributed by atoms with Crippen molar-refractivity contribution in [3.05, 3.63) is 40.9 Å². The number of nitrogens with zero attached hydrogens (tertiary/aromatic N) is 1. The third kappa shape index (κ3) is 5.37. The number of hydrogen-bond acceptors (Lipinski definition) is 3. The Labute approximate surface area is 152 Å². The Hall–Kier alpha value is -1.82. The zero-order chi connectivity index (χ0) is 18.5. The van der Waals surface area contributed by atoms with Gasteiger partial charge in [0.2, 0.25) is 11.8 Å². The van der Waals surface area contributed by atoms with Gasteiger partial charge < -0.3 is 15.0 Å². The normalized spacial score (nSPS) is 12.2. The quantitative estimate of drug-likeness (QED) is 0.749. The van der Waals surface area contributed by atoms with Gasteiger partial charge in [0.05, 0.1) is 7.11 Å². The predicted octanol–water partition coefficient (Wildman–Crippen LogP) is 3.45. The summed E-state index contributed by atoms with van der Waals surface area (Å²) in [6.45, 7) is 11.1. The first kappa shape index (κ1) is 20.2. The fraction of sp³-hybridized carbons (Fsp3) is 0.444. The van der Waals surface area contributed by atoms with E-state index in [1.807, 2.05) is 26.8 Å². The molecule has 6 heteroatoms. The van der Waals surface area contributed by atoms with Crippen molar-refractivity contribution in [2.24, 2.45) is 0 Å². The largest absolute Gasteiger partial charge is 0.496 e. The number of nitrogens with one attached hydrogen (secondary N) is 1. The maximum atomic E-state index is 12.9. The van der Waals surface area contributed by atoms with Gasteiger partial charge in [0, 0.05) is 29.0 Å². The first-order valence-corrected chi connectivity index (χ1v) is 8.43. The smallest absolute Gasteiger partial charge is 0.248 e. The van der Waals surface area contributed by atoms with Gasteiger partial charge in [0.15, 0.2) is 0 Å². The van der Waals surface area contributed by atoms with Crippen LogP contribution in [-0.4, -0.2) is 35.9 Å². The van der Waals surface area contributed by atoms with E-state index in [-0.39, 0.29) is 18.4 Å². The van der Waals surface area contributed by atoms with Gasteiger partial charge >= 0.3 is 0 Å². The Balaban J connectivity index is 3.47. The highest BCUT2D eigenvalue weighted by Gasteiger charge is 2.33. The van der Waals surface area contributed by atoms with Crippen LogP contribution < -0.4 is 10.1 Å². The minimum atomic E-state index is -0.813. The molecule has 1 unspecified atom stereocenters. The van der Waals surface area contributed by atoms with Gasteiger partial charge in [0.1, 0.15) is 11.8 Å². The summed E-state index contributed by atoms with van der Waals surface area (Å²) in [4.78, 5) is 26.6. The SMILES string of the molecule is C=CCN(C(C)=O)C(C(=O)NC(C)(C)C)c1cc(Br)ccc1OC. The van der Waals surface area contributed by atoms with Gasteiger partial charge in [-0.15, -0.1) is 6.58 Å². The molecule has 2 amide bonds. The van der Waals surface area contributed by atoms with Gasteiger partial charge in [-0.3, -0.25) is 9.59 Å². The summed E-state index contributed by atoms with van der Waals surface area (Å²) >= 11 is 3.42. The number of benzene rings is 1. The van der Waals surface area contributed by atoms with E-state index in [0.717, 1.165) is 4.47 Å². The summed E-state index contributed by atoms with van der Waals surface area (Å²) in [5, 5.41) is 2.94. The van der Waals surface area contributed by atoms with E-state index < -0.39 is 11.6 Å². The van der Waals surface area contributed by atoms with Crippen molar-refractivity contribution in [3.8, 4) is 5.75 Å². The lowest BCUT2D eigenvalue weighted by Crippen LogP contribution is -2.49. The molecule has 132 valence electrons. The van der Waals surface area contributed by atoms with E-state index in [9.17, 15) is 9.59 Å². The van der Waals surface area contributed by atoms with Crippen molar-refractivity contribution in [3.63, 3.8) is 0 Å². The number of methoxy groups -OCH3 is 1. The Morgan fingerprint density at radius 1 is 1.42 bits per heavy atom. The number of ether oxygens (including phenoxy) is 1. The molecule has 0 aliphatic heterocycles. The molecule has 0 saturated carbocycles. The fourth-order valence-electron chi connectivity index (χ4n) is 2.36. The molecule has 0 fully saturated rings. The number of halogens is 1. The van der Waals surface area contributed by atoms with Crippen LogP contribution in [0.1, 0.15) is 39.3 Å². The van der Waals surface area contributed by atoms with Gasteiger partial charge in [-0.25, -0.2) is 0 Å². The Morgan fingerprint density at radius 3 is 2.50 bits per heavy atom. The van der Waals surface area contributed by atoms with E-state index in [1.165, 1.54) is 18.9 Å². The molecule has 1 rings (SSSR count). The minimum absolute atomic E-state index is 0.217. The lowest BCUT2D eigenvalue weighted by molar-refractivity contribution is -0.139. The second-order valence-corrected chi connectivity index (χ2v) is 7.40. The fourth-order valence-corrected chi connectivity index (χ4v) is 2.74. The second kappa shape index (κ2) is 8.33. The molecular formula is C18H25BrN2O3. The van der Waals surface area contributed by atoms with Crippen molar-refractivity contribution >= 4 is 27.7 Å². The molecule has 1 aromatic carbocycles. The highest BCUT2D eigenvalue weighted by molar-refractivity contribution is 9.10. The molecule has 24 heavy (non-hydrogen) atoms. The maximum Gasteiger partial charge on any atom is 0.248 e. The average Bonchev–Trinajstić information content (AvgIpc) is 2.45. The maximum absolute atomic E-state index is 12.9. The van der Waals surface area contributed by atoms with E-state index in [1.54, 1.807) is 18.2 Å². The Kier molecular flexibility index (Phi) is 7.02. The van der Waals surface area contributed by atoms with Crippen LogP contribution in [0.15, 0.2) is 35.3 Å². The highest BCUT2D eigenvalue weighted by atomic mass is 79.9. The van der Waals surface area contributed by atoms with E-state index in [2.05, 4.69) is 27.8 Å². The van der Waals surface area contributed by atoms with Crippen LogP contribution in [0.25, 0.3) is 0 Å². The highest BCUT2D eigenvalue weighted by Crippen LogP contribution is 2.33. The summed E-state index contributed by atoms with van der Waals surface area (Å²) in [7, 11) is 1.54. The standard InChI is InChI=1S/C18H25BrN2O3/c1-7-10-21(12(2)22)16(17(23)20-18(3,4)5)14-11-13(19)8-9-15(14)24-6/h7-9,11,16H,1,10H2,2-6H3,(H,20,23). The first-order valence-electron chi connectivity index (χ1n) is 7.64. The van der Waals surface area contributed by atoms with E-state index in [4.69, 9.17) is 4.74 Å². The van der Waals surface area contributed by atoms with Crippen LogP contribution in [0.4, 0.5) is 0 Å². The number of hydrogen-bond donors (Lipinski definition) is 1. The summed E-state index contributed by atoms with van der Waals surface area (Å²) in [5.74, 6) is 0.0597. The molecule has 0 bridgehead atoms. The van der Waals surface area contributed by atoms with Gasteiger partial charge in [0.25, 0.3) is 0 Å². The van der Waals surface area contributed by atoms with Crippen LogP contribution >= 0.6 is 15.9 Å². The Bertz CT molecular complexity index is 623. The zero-order valence-corrected chi connectivity index (χ0v) is 16.4. The van der Waals surface area contributed by atoms with Crippen LogP contribution in [0.5, 0.6) is 5.75 Å². The van der Waals surface area contributed by atoms with Crippen LogP contribution in [0.3, 0.4) is 0 Å². The zero-order valence-electron chi connectivity index (χ0n) is 14.9. The molecule has 0 aromatic heterocycles. The Morgan fingerprint density at radius 2 is 2.04 bits per heavy atom. The summed E-state index contributed by atoms with van der Waals surface area (Å²) in [6, 6.07) is 4.58. The molecule has 0 aliphatic rings. The van der Waals surface area contributed by atoms with Crippen molar-refractivity contribution in [1.82, 2.24) is 10.2 Å². The topological polar surface area (TPSA) is 58.6 Å². The van der Waals surface area contributed by atoms with Crippen molar-refractivity contribution in [2.75, 3.05) is 13.7 Å². The molecule has 1 atom stereocenters. The van der Waals surface area contributed by atoms with Gasteiger partial charge in [-0.05, 0) is 39.0 Å². The number of carbonyl (C=O) groups is 2. The number of amides is 2. The van der Waals surface area contributed by atoms with Crippen molar-refractivity contribution in [1.29, 1.82) is 0 Å². The summed E-state index contributed by atoms with van der Waals surface area (Å²) in [6.07, 6.45) is 1.60. The summed E-state index contributed by atoms with van der Waals surface area (Å²) in [5.41, 5.74) is 0.191. The predicted molar refractivity (Wildman–Crippen MR) is 98.9 cm³/mol. The molecule has 0 radical (unpaired) electrons. The van der Waals surface area contributed by atoms with Gasteiger partial charge in [-0.1, -0.05) is 22.0 Å². The molecule has 1 N–H and O–H groups in total. The minimum Gasteiger partial charge on any atom is -0.496 e. The lowest BCUT2D eigenvalue weighted by atomic mass is 10.0.